The number of carbonyl (C=O) groups is 1. The largest absolute Gasteiger partial charge is 0.497 e. The van der Waals surface area contributed by atoms with Crippen molar-refractivity contribution in [2.75, 3.05) is 7.11 Å². The van der Waals surface area contributed by atoms with Gasteiger partial charge in [0.25, 0.3) is 5.91 Å². The predicted octanol–water partition coefficient (Wildman–Crippen LogP) is 3.81. The molecule has 1 aromatic heterocycles. The van der Waals surface area contributed by atoms with Gasteiger partial charge in [0, 0.05) is 22.2 Å². The zero-order valence-corrected chi connectivity index (χ0v) is 16.0. The minimum atomic E-state index is -0.712. The number of hydrogen-bond donors (Lipinski definition) is 3. The fraction of sp³-hybridized carbons (Fsp3) is 0.318. The topological polar surface area (TPSA) is 74.3 Å². The summed E-state index contributed by atoms with van der Waals surface area (Å²) in [6, 6.07) is 15.4. The second-order valence-electron chi connectivity index (χ2n) is 7.44. The SMILES string of the molecule is COc1ccc2[nH]c(CNC(=O)c3cccc(CCC(C)(C)O)c3)cc2c1. The molecule has 0 radical (unpaired) electrons. The highest BCUT2D eigenvalue weighted by atomic mass is 16.5. The van der Waals surface area contributed by atoms with E-state index in [1.165, 1.54) is 0 Å². The zero-order valence-electron chi connectivity index (χ0n) is 16.0. The average Bonchev–Trinajstić information content (AvgIpc) is 3.06. The summed E-state index contributed by atoms with van der Waals surface area (Å²) in [5.74, 6) is 0.691. The molecular formula is C22H26N2O3. The molecule has 0 aliphatic carbocycles. The van der Waals surface area contributed by atoms with Crippen LogP contribution in [-0.2, 0) is 13.0 Å². The molecule has 0 saturated carbocycles. The number of aliphatic hydroxyl groups is 1. The Labute approximate surface area is 159 Å². The van der Waals surface area contributed by atoms with Gasteiger partial charge in [-0.1, -0.05) is 12.1 Å². The molecule has 1 heterocycles. The Bertz CT molecular complexity index is 938. The van der Waals surface area contributed by atoms with Crippen molar-refractivity contribution in [3.63, 3.8) is 0 Å². The highest BCUT2D eigenvalue weighted by Crippen LogP contribution is 2.21. The van der Waals surface area contributed by atoms with Crippen LogP contribution >= 0.6 is 0 Å². The van der Waals surface area contributed by atoms with Gasteiger partial charge in [-0.3, -0.25) is 4.79 Å². The summed E-state index contributed by atoms with van der Waals surface area (Å²) < 4.78 is 5.24. The smallest absolute Gasteiger partial charge is 0.251 e. The van der Waals surface area contributed by atoms with Gasteiger partial charge >= 0.3 is 0 Å². The number of aromatic amines is 1. The lowest BCUT2D eigenvalue weighted by molar-refractivity contribution is 0.0714. The molecule has 0 fully saturated rings. The number of amides is 1. The van der Waals surface area contributed by atoms with Crippen LogP contribution in [0.1, 0.15) is 41.9 Å². The normalized spacial score (nSPS) is 11.6. The maximum absolute atomic E-state index is 12.5. The Morgan fingerprint density at radius 2 is 2.00 bits per heavy atom. The lowest BCUT2D eigenvalue weighted by atomic mass is 9.98. The minimum absolute atomic E-state index is 0.114. The van der Waals surface area contributed by atoms with E-state index in [4.69, 9.17) is 4.74 Å². The molecule has 0 atom stereocenters. The van der Waals surface area contributed by atoms with Crippen molar-refractivity contribution in [3.8, 4) is 5.75 Å². The van der Waals surface area contributed by atoms with E-state index >= 15 is 0 Å². The van der Waals surface area contributed by atoms with Crippen molar-refractivity contribution in [1.82, 2.24) is 10.3 Å². The third kappa shape index (κ3) is 5.11. The lowest BCUT2D eigenvalue weighted by Gasteiger charge is -2.16. The van der Waals surface area contributed by atoms with Crippen molar-refractivity contribution in [1.29, 1.82) is 0 Å². The summed E-state index contributed by atoms with van der Waals surface area (Å²) in [5.41, 5.74) is 2.90. The number of aromatic nitrogens is 1. The third-order valence-corrected chi connectivity index (χ3v) is 4.54. The van der Waals surface area contributed by atoms with Gasteiger partial charge < -0.3 is 20.1 Å². The Morgan fingerprint density at radius 3 is 2.74 bits per heavy atom. The molecule has 142 valence electrons. The van der Waals surface area contributed by atoms with Crippen LogP contribution in [0.5, 0.6) is 5.75 Å². The number of aryl methyl sites for hydroxylation is 1. The number of methoxy groups -OCH3 is 1. The molecule has 0 spiro atoms. The van der Waals surface area contributed by atoms with Crippen molar-refractivity contribution in [2.45, 2.75) is 38.8 Å². The van der Waals surface area contributed by atoms with Crippen LogP contribution in [0, 0.1) is 0 Å². The summed E-state index contributed by atoms with van der Waals surface area (Å²) in [7, 11) is 1.64. The number of fused-ring (bicyclic) bond motifs is 1. The van der Waals surface area contributed by atoms with Gasteiger partial charge in [0.15, 0.2) is 0 Å². The first kappa shape index (κ1) is 19.0. The standard InChI is InChI=1S/C22H26N2O3/c1-22(2,26)10-9-15-5-4-6-16(11-15)21(25)23-14-18-12-17-13-19(27-3)7-8-20(17)24-18/h4-8,11-13,24,26H,9-10,14H2,1-3H3,(H,23,25). The summed E-state index contributed by atoms with van der Waals surface area (Å²) in [6.45, 7) is 4.00. The number of nitrogens with one attached hydrogen (secondary N) is 2. The molecule has 3 rings (SSSR count). The molecule has 0 aliphatic rings. The summed E-state index contributed by atoms with van der Waals surface area (Å²) >= 11 is 0. The molecule has 0 bridgehead atoms. The molecule has 0 aliphatic heterocycles. The Morgan fingerprint density at radius 1 is 1.19 bits per heavy atom. The summed E-state index contributed by atoms with van der Waals surface area (Å²) in [4.78, 5) is 15.8. The van der Waals surface area contributed by atoms with E-state index < -0.39 is 5.60 Å². The number of H-pyrrole nitrogens is 1. The van der Waals surface area contributed by atoms with Gasteiger partial charge in [-0.25, -0.2) is 0 Å². The van der Waals surface area contributed by atoms with Crippen LogP contribution in [0.4, 0.5) is 0 Å². The van der Waals surface area contributed by atoms with E-state index in [0.29, 0.717) is 18.5 Å². The molecule has 5 nitrogen and oxygen atoms in total. The quantitative estimate of drug-likeness (QED) is 0.595. The zero-order chi connectivity index (χ0) is 19.4. The van der Waals surface area contributed by atoms with Gasteiger partial charge in [0.1, 0.15) is 5.75 Å². The van der Waals surface area contributed by atoms with Gasteiger partial charge in [-0.15, -0.1) is 0 Å². The van der Waals surface area contributed by atoms with Crippen molar-refractivity contribution < 1.29 is 14.6 Å². The molecular weight excluding hydrogens is 340 g/mol. The summed E-state index contributed by atoms with van der Waals surface area (Å²) in [6.07, 6.45) is 1.38. The first-order valence-electron chi connectivity index (χ1n) is 9.09. The van der Waals surface area contributed by atoms with E-state index in [1.807, 2.05) is 42.5 Å². The number of rotatable bonds is 7. The second-order valence-corrected chi connectivity index (χ2v) is 7.44. The first-order valence-corrected chi connectivity index (χ1v) is 9.09. The Hall–Kier alpha value is -2.79. The monoisotopic (exact) mass is 366 g/mol. The van der Waals surface area contributed by atoms with Crippen molar-refractivity contribution in [3.05, 3.63) is 65.4 Å². The van der Waals surface area contributed by atoms with E-state index in [1.54, 1.807) is 27.0 Å². The van der Waals surface area contributed by atoms with Gasteiger partial charge in [0.05, 0.1) is 19.3 Å². The van der Waals surface area contributed by atoms with Crippen LogP contribution in [0.2, 0.25) is 0 Å². The van der Waals surface area contributed by atoms with Gasteiger partial charge in [0.2, 0.25) is 0 Å². The fourth-order valence-electron chi connectivity index (χ4n) is 2.99. The number of carbonyl (C=O) groups excluding carboxylic acids is 1. The van der Waals surface area contributed by atoms with Crippen LogP contribution in [0.15, 0.2) is 48.5 Å². The van der Waals surface area contributed by atoms with Crippen molar-refractivity contribution in [2.24, 2.45) is 0 Å². The lowest BCUT2D eigenvalue weighted by Crippen LogP contribution is -2.23. The fourth-order valence-corrected chi connectivity index (χ4v) is 2.99. The highest BCUT2D eigenvalue weighted by molar-refractivity contribution is 5.94. The Balaban J connectivity index is 1.63. The maximum Gasteiger partial charge on any atom is 0.251 e. The number of benzene rings is 2. The Kier molecular flexibility index (Phi) is 5.51. The highest BCUT2D eigenvalue weighted by Gasteiger charge is 2.13. The maximum atomic E-state index is 12.5. The molecule has 0 unspecified atom stereocenters. The molecule has 1 amide bonds. The summed E-state index contributed by atoms with van der Waals surface area (Å²) in [5, 5.41) is 13.9. The predicted molar refractivity (Wildman–Crippen MR) is 107 cm³/mol. The molecule has 0 saturated heterocycles. The molecule has 2 aromatic carbocycles. The van der Waals surface area contributed by atoms with Gasteiger partial charge in [-0.05, 0) is 68.7 Å². The second kappa shape index (κ2) is 7.84. The van der Waals surface area contributed by atoms with Crippen LogP contribution < -0.4 is 10.1 Å². The van der Waals surface area contributed by atoms with Crippen LogP contribution in [-0.4, -0.2) is 28.7 Å². The van der Waals surface area contributed by atoms with Crippen LogP contribution in [0.25, 0.3) is 10.9 Å². The third-order valence-electron chi connectivity index (χ3n) is 4.54. The van der Waals surface area contributed by atoms with E-state index in [9.17, 15) is 9.90 Å². The van der Waals surface area contributed by atoms with E-state index in [-0.39, 0.29) is 5.91 Å². The first-order chi connectivity index (χ1) is 12.8. The van der Waals surface area contributed by atoms with E-state index in [0.717, 1.165) is 34.3 Å². The molecule has 3 aromatic rings. The minimum Gasteiger partial charge on any atom is -0.497 e. The molecule has 5 heteroatoms. The number of ether oxygens (including phenoxy) is 1. The van der Waals surface area contributed by atoms with Crippen LogP contribution in [0.3, 0.4) is 0 Å². The van der Waals surface area contributed by atoms with Crippen molar-refractivity contribution >= 4 is 16.8 Å². The van der Waals surface area contributed by atoms with Gasteiger partial charge in [-0.2, -0.15) is 0 Å². The van der Waals surface area contributed by atoms with E-state index in [2.05, 4.69) is 10.3 Å². The molecule has 3 N–H and O–H groups in total. The molecule has 27 heavy (non-hydrogen) atoms. The number of hydrogen-bond acceptors (Lipinski definition) is 3. The average molecular weight is 366 g/mol.